The summed E-state index contributed by atoms with van der Waals surface area (Å²) >= 11 is 0. The average Bonchev–Trinajstić information content (AvgIpc) is 2.24. The maximum absolute atomic E-state index is 13.9. The van der Waals surface area contributed by atoms with Gasteiger partial charge in [0.1, 0.15) is 146 Å². The molecule has 12 bridgehead atoms. The highest BCUT2D eigenvalue weighted by molar-refractivity contribution is 6.22. The van der Waals surface area contributed by atoms with Crippen LogP contribution in [0, 0.1) is 0 Å². The van der Waals surface area contributed by atoms with Crippen LogP contribution in [0.4, 0.5) is 0 Å². The van der Waals surface area contributed by atoms with Crippen LogP contribution in [0.15, 0.2) is 48.5 Å². The number of rotatable bonds is 8. The lowest BCUT2D eigenvalue weighted by Gasteiger charge is -2.51. The number of imide groups is 2. The molecule has 26 rings (SSSR count). The van der Waals surface area contributed by atoms with Crippen molar-refractivity contribution in [2.24, 2.45) is 0 Å². The molecular formula is C52H66N2O32. The van der Waals surface area contributed by atoms with Crippen LogP contribution < -0.4 is 0 Å². The Morgan fingerprint density at radius 3 is 0.628 bits per heavy atom. The molecule has 0 aromatic heterocycles. The zero-order valence-corrected chi connectivity index (χ0v) is 44.8. The van der Waals surface area contributed by atoms with Gasteiger partial charge in [0, 0.05) is 0 Å². The molecule has 4 amide bonds. The predicted molar refractivity (Wildman–Crippen MR) is 265 cm³/mol. The molecule has 0 aliphatic carbocycles. The molecule has 476 valence electrons. The standard InChI is InChI=1S/C52H66N2O32/c55-11-21-39-28(62)34(68)50(78-21)85-41-23(13-57)80-52(36(70)30(41)64)86-42-24(14-58)79-51(35(69)29(42)63)84-40-22(12-56)77-49(33(67)27(40)61)82-38-20(10-54-45(73)17-7-3-4-8-18(17)46(54)74)75-47(31(65)25(38)59)81-37-19(76-48(83-39)32(66)26(37)60)9-53-43(71)15-5-1-2-6-16(15)44(53)72/h1-8,19-42,47-52,55-70H,9-14H2/t19-,20-,21-,22-,23-,24-,25-,26-,27-,28-,29-,30-,31-,32-,33-,34-,35-,36-,37-,38-,39-,40-,41-,42-,47-,48-,49-,50-,51-,52-/m1/s1. The third-order valence-electron chi connectivity index (χ3n) is 16.8. The number of benzene rings is 2. The van der Waals surface area contributed by atoms with E-state index in [4.69, 9.17) is 56.8 Å². The van der Waals surface area contributed by atoms with Crippen molar-refractivity contribution in [3.63, 3.8) is 0 Å². The van der Waals surface area contributed by atoms with E-state index in [1.54, 1.807) is 0 Å². The molecule has 24 aliphatic heterocycles. The number of ether oxygens (including phenoxy) is 12. The Labute approximate surface area is 484 Å². The Bertz CT molecular complexity index is 2610. The molecule has 0 unspecified atom stereocenters. The topological polar surface area (TPSA) is 509 Å². The van der Waals surface area contributed by atoms with Gasteiger partial charge in [0.05, 0.1) is 61.8 Å². The molecule has 34 nitrogen and oxygen atoms in total. The van der Waals surface area contributed by atoms with Crippen molar-refractivity contribution in [3.8, 4) is 0 Å². The van der Waals surface area contributed by atoms with Gasteiger partial charge in [-0.2, -0.15) is 0 Å². The number of nitrogens with zero attached hydrogens (tertiary/aromatic N) is 2. The maximum atomic E-state index is 13.9. The highest BCUT2D eigenvalue weighted by atomic mass is 16.8. The second kappa shape index (κ2) is 25.5. The summed E-state index contributed by atoms with van der Waals surface area (Å²) < 4.78 is 70.8. The minimum atomic E-state index is -2.37. The summed E-state index contributed by atoms with van der Waals surface area (Å²) in [7, 11) is 0. The summed E-state index contributed by atoms with van der Waals surface area (Å²) in [6.45, 7) is -6.03. The molecule has 16 N–H and O–H groups in total. The number of hydrogen-bond donors (Lipinski definition) is 16. The maximum Gasteiger partial charge on any atom is 0.261 e. The van der Waals surface area contributed by atoms with E-state index in [1.165, 1.54) is 48.5 Å². The smallest absolute Gasteiger partial charge is 0.261 e. The summed E-state index contributed by atoms with van der Waals surface area (Å²) in [4.78, 5) is 56.8. The number of fused-ring (bicyclic) bond motifs is 2. The lowest BCUT2D eigenvalue weighted by Crippen LogP contribution is -2.69. The lowest BCUT2D eigenvalue weighted by atomic mass is 9.94. The van der Waals surface area contributed by atoms with Gasteiger partial charge in [-0.25, -0.2) is 0 Å². The third kappa shape index (κ3) is 11.2. The van der Waals surface area contributed by atoms with Gasteiger partial charge in [0.2, 0.25) is 0 Å². The van der Waals surface area contributed by atoms with E-state index in [0.717, 1.165) is 0 Å². The van der Waals surface area contributed by atoms with Crippen LogP contribution in [0.3, 0.4) is 0 Å². The molecule has 30 atom stereocenters. The van der Waals surface area contributed by atoms with Gasteiger partial charge in [0.15, 0.2) is 37.7 Å². The van der Waals surface area contributed by atoms with E-state index < -0.39 is 247 Å². The Morgan fingerprint density at radius 2 is 0.442 bits per heavy atom. The molecule has 0 saturated carbocycles. The van der Waals surface area contributed by atoms with E-state index in [9.17, 15) is 101 Å². The predicted octanol–water partition coefficient (Wildman–Crippen LogP) is -10.4. The number of carbonyl (C=O) groups excluding carboxylic acids is 4. The SMILES string of the molecule is O=C1c2ccccc2C(=O)N1C[C@H]1O[C@@H]2O[C@H]3[C@H](O)[C@@H](O)[C@@H](O[C@H]4[C@H](O)[C@@H](O)[C@@H](O[C@H]5[C@H](O)[C@@H](O)[C@@H](O[C@H]6[C@H](O)[C@@H](O)[C@@H](O[C@H]7[C@H](O)[C@@H](O)[C@@H](O[C@H]1[C@H](O)[C@H]2O)O[C@@H]7CO)O[C@@H]6CO)O[C@@H]5CO)O[C@@H]4CO)O[C@@H]3CN1C(=O)c2ccccc2C1=O. The summed E-state index contributed by atoms with van der Waals surface area (Å²) in [5.74, 6) is -3.54. The van der Waals surface area contributed by atoms with Crippen molar-refractivity contribution in [3.05, 3.63) is 70.8 Å². The van der Waals surface area contributed by atoms with Crippen LogP contribution in [0.5, 0.6) is 0 Å². The quantitative estimate of drug-likeness (QED) is 0.109. The molecule has 0 radical (unpaired) electrons. The van der Waals surface area contributed by atoms with Crippen molar-refractivity contribution in [1.29, 1.82) is 0 Å². The van der Waals surface area contributed by atoms with Crippen LogP contribution in [0.25, 0.3) is 0 Å². The first-order valence-corrected chi connectivity index (χ1v) is 27.5. The van der Waals surface area contributed by atoms with Crippen LogP contribution in [0.1, 0.15) is 41.4 Å². The van der Waals surface area contributed by atoms with Crippen LogP contribution in [-0.2, 0) is 56.8 Å². The fourth-order valence-corrected chi connectivity index (χ4v) is 12.1. The van der Waals surface area contributed by atoms with E-state index in [2.05, 4.69) is 0 Å². The van der Waals surface area contributed by atoms with Crippen molar-refractivity contribution in [2.45, 2.75) is 184 Å². The summed E-state index contributed by atoms with van der Waals surface area (Å²) in [6.07, 6.45) is -62.8. The molecule has 0 spiro atoms. The summed E-state index contributed by atoms with van der Waals surface area (Å²) in [5, 5.41) is 182. The number of hydrogen-bond acceptors (Lipinski definition) is 32. The van der Waals surface area contributed by atoms with Crippen molar-refractivity contribution in [2.75, 3.05) is 39.5 Å². The number of aliphatic hydroxyl groups is 16. The van der Waals surface area contributed by atoms with Gasteiger partial charge in [-0.1, -0.05) is 24.3 Å². The molecular weight excluding hydrogens is 1160 g/mol. The van der Waals surface area contributed by atoms with Crippen LogP contribution in [0.2, 0.25) is 0 Å². The van der Waals surface area contributed by atoms with Crippen molar-refractivity contribution >= 4 is 23.6 Å². The van der Waals surface area contributed by atoms with E-state index in [1.807, 2.05) is 0 Å². The van der Waals surface area contributed by atoms with Crippen LogP contribution in [-0.4, -0.2) is 339 Å². The first-order chi connectivity index (χ1) is 41.1. The molecule has 24 heterocycles. The normalized spacial score (nSPS) is 46.6. The Morgan fingerprint density at radius 1 is 0.267 bits per heavy atom. The first-order valence-electron chi connectivity index (χ1n) is 27.5. The highest BCUT2D eigenvalue weighted by Crippen LogP contribution is 2.40. The molecule has 34 heteroatoms. The van der Waals surface area contributed by atoms with Gasteiger partial charge >= 0.3 is 0 Å². The van der Waals surface area contributed by atoms with Gasteiger partial charge in [0.25, 0.3) is 23.6 Å². The number of amides is 4. The highest BCUT2D eigenvalue weighted by Gasteiger charge is 2.60. The zero-order valence-electron chi connectivity index (χ0n) is 44.8. The Hall–Kier alpha value is -4.40. The largest absolute Gasteiger partial charge is 0.394 e. The minimum Gasteiger partial charge on any atom is -0.394 e. The molecule has 24 aliphatic rings. The lowest BCUT2D eigenvalue weighted by molar-refractivity contribution is -0.403. The van der Waals surface area contributed by atoms with Crippen LogP contribution >= 0.6 is 0 Å². The third-order valence-corrected chi connectivity index (χ3v) is 16.8. The zero-order chi connectivity index (χ0) is 61.5. The number of carbonyl (C=O) groups is 4. The van der Waals surface area contributed by atoms with Gasteiger partial charge in [-0.05, 0) is 24.3 Å². The fraction of sp³-hybridized carbons (Fsp3) is 0.692. The monoisotopic (exact) mass is 1230 g/mol. The molecule has 22 fully saturated rings. The van der Waals surface area contributed by atoms with E-state index in [0.29, 0.717) is 9.80 Å². The Kier molecular flexibility index (Phi) is 18.7. The summed E-state index contributed by atoms with van der Waals surface area (Å²) in [5.41, 5.74) is -0.250. The van der Waals surface area contributed by atoms with E-state index >= 15 is 0 Å². The number of aliphatic hydroxyl groups excluding tert-OH is 16. The first kappa shape index (κ1) is 63.2. The van der Waals surface area contributed by atoms with Crippen molar-refractivity contribution in [1.82, 2.24) is 9.80 Å². The molecule has 22 saturated heterocycles. The molecule has 86 heavy (non-hydrogen) atoms. The van der Waals surface area contributed by atoms with Gasteiger partial charge in [-0.15, -0.1) is 0 Å². The fourth-order valence-electron chi connectivity index (χ4n) is 12.1. The second-order valence-electron chi connectivity index (χ2n) is 22.0. The summed E-state index contributed by atoms with van der Waals surface area (Å²) in [6, 6.07) is 11.3. The van der Waals surface area contributed by atoms with Gasteiger partial charge < -0.3 is 139 Å². The van der Waals surface area contributed by atoms with Crippen molar-refractivity contribution < 1.29 is 158 Å². The minimum absolute atomic E-state index is 0.0624. The Balaban J connectivity index is 0.951. The van der Waals surface area contributed by atoms with Gasteiger partial charge in [-0.3, -0.25) is 29.0 Å². The second-order valence-corrected chi connectivity index (χ2v) is 22.0. The average molecular weight is 1230 g/mol. The van der Waals surface area contributed by atoms with E-state index in [-0.39, 0.29) is 22.3 Å². The molecule has 2 aromatic rings. The molecule has 2 aromatic carbocycles.